The highest BCUT2D eigenvalue weighted by molar-refractivity contribution is 7.90. The van der Waals surface area contributed by atoms with Gasteiger partial charge in [-0.2, -0.15) is 0 Å². The summed E-state index contributed by atoms with van der Waals surface area (Å²) >= 11 is 19.0. The van der Waals surface area contributed by atoms with E-state index in [1.54, 1.807) is 12.1 Å². The Hall–Kier alpha value is -1.95. The van der Waals surface area contributed by atoms with Gasteiger partial charge >= 0.3 is 0 Å². The molecule has 1 aromatic heterocycles. The Morgan fingerprint density at radius 2 is 1.83 bits per heavy atom. The fourth-order valence-electron chi connectivity index (χ4n) is 2.02. The number of aromatic amines is 1. The molecule has 0 saturated heterocycles. The molecule has 3 aromatic rings. The highest BCUT2D eigenvalue weighted by Crippen LogP contribution is 2.35. The number of hydrogen-bond donors (Lipinski definition) is 3. The van der Waals surface area contributed by atoms with Crippen LogP contribution < -0.4 is 4.72 Å². The summed E-state index contributed by atoms with van der Waals surface area (Å²) in [6.07, 6.45) is 0. The third-order valence-electron chi connectivity index (χ3n) is 3.06. The van der Waals surface area contributed by atoms with Crippen LogP contribution in [0.2, 0.25) is 15.1 Å². The summed E-state index contributed by atoms with van der Waals surface area (Å²) in [6.45, 7) is 0. The van der Waals surface area contributed by atoms with E-state index < -0.39 is 0 Å². The van der Waals surface area contributed by atoms with Crippen LogP contribution in [-0.2, 0) is 0 Å². The summed E-state index contributed by atoms with van der Waals surface area (Å²) in [5, 5.41) is 22.2. The zero-order valence-corrected chi connectivity index (χ0v) is 14.9. The van der Waals surface area contributed by atoms with Crippen molar-refractivity contribution < 1.29 is 5.11 Å². The minimum atomic E-state index is -0.0523. The van der Waals surface area contributed by atoms with Gasteiger partial charge in [0.15, 0.2) is 5.69 Å². The zero-order chi connectivity index (χ0) is 17.1. The first kappa shape index (κ1) is 16.9. The summed E-state index contributed by atoms with van der Waals surface area (Å²) in [5.41, 5.74) is 1.63. The number of azo groups is 1. The van der Waals surface area contributed by atoms with Gasteiger partial charge in [-0.1, -0.05) is 58.1 Å². The first-order chi connectivity index (χ1) is 11.6. The van der Waals surface area contributed by atoms with Crippen molar-refractivity contribution in [1.82, 2.24) is 4.98 Å². The molecule has 0 aliphatic rings. The lowest BCUT2D eigenvalue weighted by Gasteiger charge is -2.04. The maximum absolute atomic E-state index is 9.86. The van der Waals surface area contributed by atoms with Crippen LogP contribution in [0, 0.1) is 5.31 Å². The third kappa shape index (κ3) is 3.59. The molecular formula is C15H9Cl3N4OS. The molecule has 0 bridgehead atoms. The number of fused-ring (bicyclic) bond motifs is 1. The van der Waals surface area contributed by atoms with Crippen molar-refractivity contribution in [2.24, 2.45) is 10.2 Å². The van der Waals surface area contributed by atoms with Gasteiger partial charge < -0.3 is 14.8 Å². The molecule has 9 heteroatoms. The molecule has 0 spiro atoms. The lowest BCUT2D eigenvalue weighted by atomic mass is 10.2. The van der Waals surface area contributed by atoms with E-state index in [0.29, 0.717) is 26.4 Å². The van der Waals surface area contributed by atoms with Gasteiger partial charge in [0.2, 0.25) is 5.88 Å². The third-order valence-corrected chi connectivity index (χ3v) is 4.35. The van der Waals surface area contributed by atoms with Crippen LogP contribution in [0.1, 0.15) is 0 Å². The van der Waals surface area contributed by atoms with Crippen molar-refractivity contribution in [3.8, 4) is 11.2 Å². The highest BCUT2D eigenvalue weighted by Gasteiger charge is 2.09. The lowest BCUT2D eigenvalue weighted by Crippen LogP contribution is -1.84. The standard InChI is InChI=1S/C15H9Cl3N4OS/c16-8-5-10(17)14(11(18)6-8)22-24-7-19-21-13-9-3-1-2-4-12(9)20-15(13)23/h1-6,20,22-23H. The predicted octanol–water partition coefficient (Wildman–Crippen LogP) is 6.59. The van der Waals surface area contributed by atoms with Gasteiger partial charge in [0, 0.05) is 21.8 Å². The second-order valence-corrected chi connectivity index (χ2v) is 6.45. The predicted molar refractivity (Wildman–Crippen MR) is 101 cm³/mol. The van der Waals surface area contributed by atoms with Crippen molar-refractivity contribution in [3.05, 3.63) is 51.5 Å². The molecule has 0 atom stereocenters. The Balaban J connectivity index is 1.78. The van der Waals surface area contributed by atoms with Crippen LogP contribution >= 0.6 is 46.2 Å². The van der Waals surface area contributed by atoms with Gasteiger partial charge in [-0.25, -0.2) is 0 Å². The summed E-state index contributed by atoms with van der Waals surface area (Å²) < 4.78 is 2.90. The Morgan fingerprint density at radius 1 is 1.12 bits per heavy atom. The molecule has 3 N–H and O–H groups in total. The maximum atomic E-state index is 9.86. The fourth-order valence-corrected chi connectivity index (χ4v) is 3.49. The summed E-state index contributed by atoms with van der Waals surface area (Å²) in [6, 6.07) is 10.5. The number of hydrogen-bond acceptors (Lipinski definition) is 4. The molecular weight excluding hydrogens is 391 g/mol. The molecule has 2 aromatic carbocycles. The second-order valence-electron chi connectivity index (χ2n) is 4.61. The molecule has 1 heterocycles. The van der Waals surface area contributed by atoms with Gasteiger partial charge in [0.1, 0.15) is 0 Å². The van der Waals surface area contributed by atoms with E-state index in [2.05, 4.69) is 25.2 Å². The summed E-state index contributed by atoms with van der Waals surface area (Å²) in [4.78, 5) is 2.82. The Morgan fingerprint density at radius 3 is 2.58 bits per heavy atom. The molecule has 0 radical (unpaired) electrons. The van der Waals surface area contributed by atoms with Gasteiger partial charge in [0.25, 0.3) is 0 Å². The number of anilines is 1. The number of aromatic hydroxyl groups is 1. The zero-order valence-electron chi connectivity index (χ0n) is 11.8. The molecule has 0 saturated carbocycles. The van der Waals surface area contributed by atoms with Crippen LogP contribution in [0.4, 0.5) is 11.4 Å². The Kier molecular flexibility index (Phi) is 5.14. The van der Waals surface area contributed by atoms with E-state index in [0.717, 1.165) is 22.3 Å². The fraction of sp³-hybridized carbons (Fsp3) is 0. The maximum Gasteiger partial charge on any atom is 0.218 e. The molecule has 0 unspecified atom stereocenters. The molecule has 24 heavy (non-hydrogen) atoms. The SMILES string of the molecule is Oc1[nH]c2ccccc2c1N=NC#SNc1c(Cl)cc(Cl)cc1Cl. The van der Waals surface area contributed by atoms with Crippen LogP contribution in [0.5, 0.6) is 5.88 Å². The molecule has 122 valence electrons. The van der Waals surface area contributed by atoms with E-state index >= 15 is 0 Å². The average Bonchev–Trinajstić information content (AvgIpc) is 2.85. The number of aromatic nitrogens is 1. The van der Waals surface area contributed by atoms with E-state index in [9.17, 15) is 5.11 Å². The quantitative estimate of drug-likeness (QED) is 0.336. The second kappa shape index (κ2) is 7.30. The van der Waals surface area contributed by atoms with Crippen LogP contribution in [0.25, 0.3) is 10.9 Å². The van der Waals surface area contributed by atoms with E-state index in [1.807, 2.05) is 24.3 Å². The monoisotopic (exact) mass is 398 g/mol. The van der Waals surface area contributed by atoms with Gasteiger partial charge in [-0.05, 0) is 18.2 Å². The van der Waals surface area contributed by atoms with Gasteiger partial charge in [0.05, 0.1) is 26.6 Å². The topological polar surface area (TPSA) is 72.8 Å². The number of para-hydroxylation sites is 1. The number of rotatable bonds is 2. The van der Waals surface area contributed by atoms with Crippen molar-refractivity contribution in [3.63, 3.8) is 0 Å². The van der Waals surface area contributed by atoms with Crippen LogP contribution in [0.15, 0.2) is 46.6 Å². The minimum absolute atomic E-state index is 0.0523. The summed E-state index contributed by atoms with van der Waals surface area (Å²) in [5.74, 6) is -0.0523. The first-order valence-electron chi connectivity index (χ1n) is 6.58. The van der Waals surface area contributed by atoms with Gasteiger partial charge in [-0.3, -0.25) is 0 Å². The van der Waals surface area contributed by atoms with E-state index in [1.165, 1.54) is 0 Å². The number of H-pyrrole nitrogens is 1. The lowest BCUT2D eigenvalue weighted by molar-refractivity contribution is 0.459. The Bertz CT molecular complexity index is 984. The van der Waals surface area contributed by atoms with Crippen LogP contribution in [0.3, 0.4) is 0 Å². The smallest absolute Gasteiger partial charge is 0.218 e. The van der Waals surface area contributed by atoms with E-state index in [-0.39, 0.29) is 5.88 Å². The number of nitrogens with zero attached hydrogens (tertiary/aromatic N) is 2. The van der Waals surface area contributed by atoms with E-state index in [4.69, 9.17) is 34.8 Å². The molecule has 5 nitrogen and oxygen atoms in total. The van der Waals surface area contributed by atoms with Gasteiger partial charge in [-0.15, -0.1) is 5.11 Å². The summed E-state index contributed by atoms with van der Waals surface area (Å²) in [7, 11) is 0. The Labute approximate surface area is 156 Å². The highest BCUT2D eigenvalue weighted by atomic mass is 35.5. The van der Waals surface area contributed by atoms with Crippen LogP contribution in [-0.4, -0.2) is 10.1 Å². The molecule has 0 amide bonds. The average molecular weight is 400 g/mol. The van der Waals surface area contributed by atoms with Crippen molar-refractivity contribution >= 4 is 68.4 Å². The molecule has 3 rings (SSSR count). The molecule has 0 aliphatic carbocycles. The van der Waals surface area contributed by atoms with Crippen molar-refractivity contribution in [2.75, 3.05) is 4.72 Å². The van der Waals surface area contributed by atoms with Crippen molar-refractivity contribution in [2.45, 2.75) is 0 Å². The largest absolute Gasteiger partial charge is 0.493 e. The molecule has 0 fully saturated rings. The number of nitrogens with one attached hydrogen (secondary N) is 2. The number of benzene rings is 2. The minimum Gasteiger partial charge on any atom is -0.493 e. The first-order valence-corrected chi connectivity index (χ1v) is 8.53. The number of halogens is 3. The normalized spacial score (nSPS) is 11.0. The molecule has 0 aliphatic heterocycles. The van der Waals surface area contributed by atoms with Crippen molar-refractivity contribution in [1.29, 1.82) is 0 Å².